The molecule has 1 N–H and O–H groups in total. The predicted molar refractivity (Wildman–Crippen MR) is 97.9 cm³/mol. The number of carbonyl (C=O) groups excluding carboxylic acids is 1. The van der Waals surface area contributed by atoms with E-state index in [2.05, 4.69) is 14.8 Å². The van der Waals surface area contributed by atoms with E-state index in [0.717, 1.165) is 26.9 Å². The number of amides is 1. The van der Waals surface area contributed by atoms with E-state index in [4.69, 9.17) is 0 Å². The van der Waals surface area contributed by atoms with Gasteiger partial charge in [0.1, 0.15) is 5.01 Å². The summed E-state index contributed by atoms with van der Waals surface area (Å²) in [6.07, 6.45) is 0.218. The Morgan fingerprint density at radius 2 is 2.08 bits per heavy atom. The molecule has 0 saturated carbocycles. The molecule has 8 nitrogen and oxygen atoms in total. The second-order valence-corrected chi connectivity index (χ2v) is 9.13. The van der Waals surface area contributed by atoms with Crippen LogP contribution in [0.25, 0.3) is 4.96 Å². The Labute approximate surface area is 154 Å². The Morgan fingerprint density at radius 1 is 1.31 bits per heavy atom. The topological polar surface area (TPSA) is 96.7 Å². The number of aryl methyl sites for hydroxylation is 2. The molecule has 0 spiro atoms. The highest BCUT2D eigenvalue weighted by atomic mass is 32.2. The highest BCUT2D eigenvalue weighted by Gasteiger charge is 2.26. The van der Waals surface area contributed by atoms with E-state index < -0.39 is 10.0 Å². The molecule has 3 aromatic rings. The molecule has 1 aliphatic heterocycles. The van der Waals surface area contributed by atoms with Crippen molar-refractivity contribution in [1.29, 1.82) is 0 Å². The highest BCUT2D eigenvalue weighted by molar-refractivity contribution is 7.89. The van der Waals surface area contributed by atoms with Crippen LogP contribution in [0, 0.1) is 13.8 Å². The molecule has 26 heavy (non-hydrogen) atoms. The Morgan fingerprint density at radius 3 is 2.85 bits per heavy atom. The number of rotatable bonds is 4. The first-order valence-electron chi connectivity index (χ1n) is 7.97. The second kappa shape index (κ2) is 5.86. The average molecular weight is 391 g/mol. The van der Waals surface area contributed by atoms with Gasteiger partial charge in [0.15, 0.2) is 0 Å². The third-order valence-electron chi connectivity index (χ3n) is 4.47. The lowest BCUT2D eigenvalue weighted by Gasteiger charge is -2.11. The summed E-state index contributed by atoms with van der Waals surface area (Å²) in [5.41, 5.74) is 2.93. The van der Waals surface area contributed by atoms with E-state index in [1.165, 1.54) is 22.3 Å². The van der Waals surface area contributed by atoms with Crippen molar-refractivity contribution in [2.24, 2.45) is 0 Å². The van der Waals surface area contributed by atoms with Gasteiger partial charge in [-0.1, -0.05) is 11.3 Å². The van der Waals surface area contributed by atoms with Gasteiger partial charge < -0.3 is 4.90 Å². The van der Waals surface area contributed by atoms with Crippen molar-refractivity contribution < 1.29 is 13.2 Å². The monoisotopic (exact) mass is 391 g/mol. The summed E-state index contributed by atoms with van der Waals surface area (Å²) >= 11 is 1.46. The number of sulfonamides is 1. The van der Waals surface area contributed by atoms with E-state index in [9.17, 15) is 13.2 Å². The molecule has 0 aliphatic carbocycles. The number of nitrogens with zero attached hydrogens (tertiary/aromatic N) is 4. The lowest BCUT2D eigenvalue weighted by atomic mass is 10.2. The standard InChI is InChI=1S/C16H17N5O3S2/c1-9-14(21-16(18-9)25-10(2)19-21)8-17-26(23,24)12-4-5-13-11(6-12)7-15(22)20(13)3/h4-6,17H,7-8H2,1-3H3. The summed E-state index contributed by atoms with van der Waals surface area (Å²) in [4.78, 5) is 18.6. The largest absolute Gasteiger partial charge is 0.315 e. The van der Waals surface area contributed by atoms with E-state index in [0.29, 0.717) is 5.69 Å². The maximum atomic E-state index is 12.7. The van der Waals surface area contributed by atoms with Gasteiger partial charge in [-0.3, -0.25) is 4.79 Å². The van der Waals surface area contributed by atoms with Gasteiger partial charge in [0.25, 0.3) is 0 Å². The molecule has 4 rings (SSSR count). The molecule has 0 fully saturated rings. The fourth-order valence-electron chi connectivity index (χ4n) is 3.05. The van der Waals surface area contributed by atoms with Crippen molar-refractivity contribution >= 4 is 37.9 Å². The van der Waals surface area contributed by atoms with Gasteiger partial charge in [0, 0.05) is 12.7 Å². The number of fused-ring (bicyclic) bond motifs is 2. The third-order valence-corrected chi connectivity index (χ3v) is 6.69. The fraction of sp³-hybridized carbons (Fsp3) is 0.312. The van der Waals surface area contributed by atoms with Crippen LogP contribution >= 0.6 is 11.3 Å². The van der Waals surface area contributed by atoms with Gasteiger partial charge in [-0.15, -0.1) is 0 Å². The highest BCUT2D eigenvalue weighted by Crippen LogP contribution is 2.29. The molecule has 0 unspecified atom stereocenters. The number of benzene rings is 1. The molecule has 3 heterocycles. The zero-order valence-electron chi connectivity index (χ0n) is 14.5. The van der Waals surface area contributed by atoms with Gasteiger partial charge in [0.2, 0.25) is 20.9 Å². The van der Waals surface area contributed by atoms with Crippen molar-refractivity contribution in [3.05, 3.63) is 40.2 Å². The molecule has 136 valence electrons. The summed E-state index contributed by atoms with van der Waals surface area (Å²) in [6, 6.07) is 4.74. The Kier molecular flexibility index (Phi) is 3.86. The molecular formula is C16H17N5O3S2. The minimum absolute atomic E-state index is 0.0429. The van der Waals surface area contributed by atoms with Gasteiger partial charge >= 0.3 is 0 Å². The normalized spacial score (nSPS) is 14.4. The molecule has 2 aromatic heterocycles. The molecule has 0 saturated heterocycles. The van der Waals surface area contributed by atoms with Crippen molar-refractivity contribution in [3.63, 3.8) is 0 Å². The van der Waals surface area contributed by atoms with Crippen molar-refractivity contribution in [1.82, 2.24) is 19.3 Å². The van der Waals surface area contributed by atoms with Crippen LogP contribution < -0.4 is 9.62 Å². The Bertz CT molecular complexity index is 1150. The van der Waals surface area contributed by atoms with Gasteiger partial charge in [-0.25, -0.2) is 22.6 Å². The molecule has 1 aromatic carbocycles. The summed E-state index contributed by atoms with van der Waals surface area (Å²) in [5.74, 6) is -0.0429. The summed E-state index contributed by atoms with van der Waals surface area (Å²) < 4.78 is 29.7. The smallest absolute Gasteiger partial charge is 0.240 e. The van der Waals surface area contributed by atoms with E-state index >= 15 is 0 Å². The predicted octanol–water partition coefficient (Wildman–Crippen LogP) is 1.41. The maximum Gasteiger partial charge on any atom is 0.240 e. The summed E-state index contributed by atoms with van der Waals surface area (Å²) in [6.45, 7) is 3.80. The number of imidazole rings is 1. The average Bonchev–Trinajstić information content (AvgIpc) is 3.16. The lowest BCUT2D eigenvalue weighted by Crippen LogP contribution is -2.24. The molecule has 1 amide bonds. The summed E-state index contributed by atoms with van der Waals surface area (Å²) in [5, 5.41) is 5.23. The lowest BCUT2D eigenvalue weighted by molar-refractivity contribution is -0.117. The van der Waals surface area contributed by atoms with E-state index in [1.54, 1.807) is 23.7 Å². The van der Waals surface area contributed by atoms with Crippen LogP contribution in [0.4, 0.5) is 5.69 Å². The summed E-state index contributed by atoms with van der Waals surface area (Å²) in [7, 11) is -2.03. The molecular weight excluding hydrogens is 374 g/mol. The number of nitrogens with one attached hydrogen (secondary N) is 1. The minimum atomic E-state index is -3.72. The van der Waals surface area contributed by atoms with Crippen LogP contribution in [-0.2, 0) is 27.8 Å². The first-order chi connectivity index (χ1) is 12.3. The molecule has 1 aliphatic rings. The number of likely N-dealkylation sites (N-methyl/N-ethyl adjacent to an activating group) is 1. The maximum absolute atomic E-state index is 12.7. The minimum Gasteiger partial charge on any atom is -0.315 e. The van der Waals surface area contributed by atoms with Crippen molar-refractivity contribution in [2.75, 3.05) is 11.9 Å². The number of aromatic nitrogens is 3. The first kappa shape index (κ1) is 17.1. The van der Waals surface area contributed by atoms with Gasteiger partial charge in [0.05, 0.1) is 29.2 Å². The molecule has 0 atom stereocenters. The van der Waals surface area contributed by atoms with Crippen molar-refractivity contribution in [2.45, 2.75) is 31.7 Å². The van der Waals surface area contributed by atoms with Crippen LogP contribution in [0.15, 0.2) is 23.1 Å². The zero-order valence-corrected chi connectivity index (χ0v) is 16.1. The van der Waals surface area contributed by atoms with Crippen LogP contribution in [0.2, 0.25) is 0 Å². The molecule has 0 bridgehead atoms. The first-order valence-corrected chi connectivity index (χ1v) is 10.3. The van der Waals surface area contributed by atoms with E-state index in [1.807, 2.05) is 13.8 Å². The van der Waals surface area contributed by atoms with Gasteiger partial charge in [-0.05, 0) is 37.6 Å². The van der Waals surface area contributed by atoms with Crippen LogP contribution in [0.3, 0.4) is 0 Å². The van der Waals surface area contributed by atoms with Crippen LogP contribution in [-0.4, -0.2) is 36.0 Å². The molecule has 10 heteroatoms. The zero-order chi connectivity index (χ0) is 18.6. The Balaban J connectivity index is 1.61. The number of hydrogen-bond donors (Lipinski definition) is 1. The SMILES string of the molecule is Cc1nn2c(CNS(=O)(=O)c3ccc4c(c3)CC(=O)N4C)c(C)nc2s1. The van der Waals surface area contributed by atoms with Crippen molar-refractivity contribution in [3.8, 4) is 0 Å². The quantitative estimate of drug-likeness (QED) is 0.725. The van der Waals surface area contributed by atoms with Crippen LogP contribution in [0.5, 0.6) is 0 Å². The molecule has 0 radical (unpaired) electrons. The Hall–Kier alpha value is -2.30. The van der Waals surface area contributed by atoms with E-state index in [-0.39, 0.29) is 23.8 Å². The fourth-order valence-corrected chi connectivity index (χ4v) is 4.89. The number of anilines is 1. The number of hydrogen-bond acceptors (Lipinski definition) is 6. The van der Waals surface area contributed by atoms with Gasteiger partial charge in [-0.2, -0.15) is 5.10 Å². The third kappa shape index (κ3) is 2.70. The number of carbonyl (C=O) groups is 1. The second-order valence-electron chi connectivity index (χ2n) is 6.20. The van der Waals surface area contributed by atoms with Crippen LogP contribution in [0.1, 0.15) is 22.0 Å².